The summed E-state index contributed by atoms with van der Waals surface area (Å²) in [5, 5.41) is 21.9. The summed E-state index contributed by atoms with van der Waals surface area (Å²) in [7, 11) is 3.37. The molecular formula is C25H34N6O6. The van der Waals surface area contributed by atoms with Crippen molar-refractivity contribution in [1.82, 2.24) is 30.6 Å². The fourth-order valence-corrected chi connectivity index (χ4v) is 4.13. The van der Waals surface area contributed by atoms with Crippen molar-refractivity contribution >= 4 is 23.6 Å². The van der Waals surface area contributed by atoms with Gasteiger partial charge in [0, 0.05) is 26.3 Å². The van der Waals surface area contributed by atoms with Crippen LogP contribution in [0.5, 0.6) is 5.75 Å². The number of amides is 4. The van der Waals surface area contributed by atoms with Crippen molar-refractivity contribution in [1.29, 1.82) is 0 Å². The van der Waals surface area contributed by atoms with Gasteiger partial charge in [0.05, 0.1) is 30.8 Å². The molecule has 4 amide bonds. The number of nitrogens with one attached hydrogen (secondary N) is 3. The number of benzene rings is 1. The number of aliphatic hydroxyl groups is 1. The summed E-state index contributed by atoms with van der Waals surface area (Å²) in [5.41, 5.74) is 3.05. The molecule has 1 aromatic carbocycles. The Morgan fingerprint density at radius 1 is 1.19 bits per heavy atom. The van der Waals surface area contributed by atoms with Gasteiger partial charge in [-0.1, -0.05) is 12.1 Å². The number of rotatable bonds is 5. The molecule has 37 heavy (non-hydrogen) atoms. The number of aryl methyl sites for hydroxylation is 2. The zero-order valence-corrected chi connectivity index (χ0v) is 21.5. The number of likely N-dealkylation sites (N-methyl/N-ethyl adjacent to an activating group) is 1. The number of hydrogen-bond donors (Lipinski definition) is 4. The molecule has 0 fully saturated rings. The third-order valence-corrected chi connectivity index (χ3v) is 6.35. The first kappa shape index (κ1) is 27.7. The molecule has 1 aliphatic rings. The molecule has 0 bridgehead atoms. The van der Waals surface area contributed by atoms with E-state index in [1.165, 1.54) is 11.9 Å². The summed E-state index contributed by atoms with van der Waals surface area (Å²) in [4.78, 5) is 53.0. The molecule has 0 radical (unpaired) electrons. The highest BCUT2D eigenvalue weighted by Crippen LogP contribution is 2.18. The summed E-state index contributed by atoms with van der Waals surface area (Å²) in [5.74, 6) is -2.03. The largest absolute Gasteiger partial charge is 0.491 e. The third-order valence-electron chi connectivity index (χ3n) is 6.35. The molecule has 200 valence electrons. The van der Waals surface area contributed by atoms with Gasteiger partial charge in [-0.2, -0.15) is 5.10 Å². The second-order valence-electron chi connectivity index (χ2n) is 8.95. The second kappa shape index (κ2) is 12.3. The maximum atomic E-state index is 13.1. The van der Waals surface area contributed by atoms with E-state index in [4.69, 9.17) is 4.74 Å². The second-order valence-corrected chi connectivity index (χ2v) is 8.95. The van der Waals surface area contributed by atoms with Gasteiger partial charge in [-0.15, -0.1) is 0 Å². The summed E-state index contributed by atoms with van der Waals surface area (Å²) in [6.45, 7) is 3.73. The van der Waals surface area contributed by atoms with Gasteiger partial charge in [-0.3, -0.25) is 23.9 Å². The number of para-hydroxylation sites is 1. The quantitative estimate of drug-likeness (QED) is 0.408. The fourth-order valence-electron chi connectivity index (χ4n) is 4.13. The van der Waals surface area contributed by atoms with E-state index in [9.17, 15) is 24.3 Å². The number of carbonyl (C=O) groups excluding carboxylic acids is 4. The van der Waals surface area contributed by atoms with Gasteiger partial charge >= 0.3 is 0 Å². The molecule has 0 unspecified atom stereocenters. The van der Waals surface area contributed by atoms with Crippen LogP contribution in [0.1, 0.15) is 33.7 Å². The number of hydrogen-bond acceptors (Lipinski definition) is 7. The van der Waals surface area contributed by atoms with Gasteiger partial charge in [0.15, 0.2) is 0 Å². The molecular weight excluding hydrogens is 480 g/mol. The Bertz CT molecular complexity index is 1160. The Morgan fingerprint density at radius 3 is 2.59 bits per heavy atom. The number of aliphatic hydroxyl groups excluding tert-OH is 1. The number of fused-ring (bicyclic) bond motifs is 1. The van der Waals surface area contributed by atoms with Crippen LogP contribution in [0.4, 0.5) is 0 Å². The maximum Gasteiger partial charge on any atom is 0.255 e. The zero-order valence-electron chi connectivity index (χ0n) is 21.5. The van der Waals surface area contributed by atoms with Crippen molar-refractivity contribution in [2.75, 3.05) is 33.4 Å². The van der Waals surface area contributed by atoms with Crippen LogP contribution >= 0.6 is 0 Å². The minimum Gasteiger partial charge on any atom is -0.491 e. The number of ether oxygens (including phenoxy) is 1. The summed E-state index contributed by atoms with van der Waals surface area (Å²) in [6, 6.07) is 4.10. The molecule has 2 atom stereocenters. The highest BCUT2D eigenvalue weighted by Gasteiger charge is 2.29. The van der Waals surface area contributed by atoms with Crippen LogP contribution in [0.25, 0.3) is 0 Å². The van der Waals surface area contributed by atoms with Crippen LogP contribution in [0.3, 0.4) is 0 Å². The summed E-state index contributed by atoms with van der Waals surface area (Å²) >= 11 is 0. The van der Waals surface area contributed by atoms with Crippen molar-refractivity contribution in [3.05, 3.63) is 46.8 Å². The van der Waals surface area contributed by atoms with Crippen LogP contribution in [-0.2, 0) is 27.9 Å². The molecule has 12 heteroatoms. The van der Waals surface area contributed by atoms with Gasteiger partial charge in [-0.25, -0.2) is 0 Å². The first-order chi connectivity index (χ1) is 17.6. The van der Waals surface area contributed by atoms with Crippen LogP contribution in [0.2, 0.25) is 0 Å². The van der Waals surface area contributed by atoms with E-state index >= 15 is 0 Å². The van der Waals surface area contributed by atoms with Gasteiger partial charge < -0.3 is 30.7 Å². The first-order valence-electron chi connectivity index (χ1n) is 12.1. The van der Waals surface area contributed by atoms with Gasteiger partial charge in [0.1, 0.15) is 24.4 Å². The first-order valence-corrected chi connectivity index (χ1v) is 12.1. The highest BCUT2D eigenvalue weighted by atomic mass is 16.5. The predicted octanol–water partition coefficient (Wildman–Crippen LogP) is -0.788. The van der Waals surface area contributed by atoms with Crippen molar-refractivity contribution in [3.8, 4) is 5.75 Å². The highest BCUT2D eigenvalue weighted by molar-refractivity contribution is 6.01. The molecule has 2 heterocycles. The Hall–Kier alpha value is -3.93. The predicted molar refractivity (Wildman–Crippen MR) is 134 cm³/mol. The molecule has 12 nitrogen and oxygen atoms in total. The molecule has 0 saturated heterocycles. The summed E-state index contributed by atoms with van der Waals surface area (Å²) in [6.07, 6.45) is 0.0905. The van der Waals surface area contributed by atoms with Crippen molar-refractivity contribution in [3.63, 3.8) is 0 Å². The molecule has 1 aromatic heterocycles. The van der Waals surface area contributed by atoms with Gasteiger partial charge in [0.25, 0.3) is 5.91 Å². The smallest absolute Gasteiger partial charge is 0.255 e. The minimum atomic E-state index is -1.23. The van der Waals surface area contributed by atoms with E-state index in [1.54, 1.807) is 28.9 Å². The SMILES string of the molecule is Cc1nn(C)c(C)c1CCNC(=O)[C@@H]1CC(=O)N[C@@H](CO)C(=O)N(C)CCOc2ccccc2C(=O)N1. The van der Waals surface area contributed by atoms with E-state index in [0.29, 0.717) is 6.42 Å². The van der Waals surface area contributed by atoms with Crippen molar-refractivity contribution in [2.45, 2.75) is 38.8 Å². The van der Waals surface area contributed by atoms with Crippen LogP contribution in [0.15, 0.2) is 24.3 Å². The lowest BCUT2D eigenvalue weighted by Gasteiger charge is -2.25. The summed E-state index contributed by atoms with van der Waals surface area (Å²) < 4.78 is 7.50. The number of carbonyl (C=O) groups is 4. The lowest BCUT2D eigenvalue weighted by Crippen LogP contribution is -2.53. The number of aromatic nitrogens is 2. The molecule has 1 aliphatic heterocycles. The third kappa shape index (κ3) is 6.85. The topological polar surface area (TPSA) is 155 Å². The Balaban J connectivity index is 1.81. The van der Waals surface area contributed by atoms with Crippen molar-refractivity contribution in [2.24, 2.45) is 7.05 Å². The molecule has 0 spiro atoms. The lowest BCUT2D eigenvalue weighted by atomic mass is 10.1. The molecule has 0 aliphatic carbocycles. The maximum absolute atomic E-state index is 13.1. The average molecular weight is 515 g/mol. The average Bonchev–Trinajstić information content (AvgIpc) is 3.11. The van der Waals surface area contributed by atoms with Crippen molar-refractivity contribution < 1.29 is 29.0 Å². The number of nitrogens with zero attached hydrogens (tertiary/aromatic N) is 3. The monoisotopic (exact) mass is 514 g/mol. The Morgan fingerprint density at radius 2 is 1.92 bits per heavy atom. The normalized spacial score (nSPS) is 19.3. The molecule has 3 rings (SSSR count). The van der Waals surface area contributed by atoms with Gasteiger partial charge in [-0.05, 0) is 38.0 Å². The van der Waals surface area contributed by atoms with E-state index in [1.807, 2.05) is 20.9 Å². The minimum absolute atomic E-state index is 0.0791. The Kier molecular flexibility index (Phi) is 9.23. The van der Waals surface area contributed by atoms with Crippen LogP contribution in [-0.4, -0.2) is 88.9 Å². The standard InChI is InChI=1S/C25H34N6O6/c1-15-17(16(2)31(4)29-15)9-10-26-24(35)19-13-22(33)27-20(14-32)25(36)30(3)11-12-37-21-8-6-5-7-18(21)23(34)28-19/h5-8,19-20,32H,9-14H2,1-4H3,(H,26,35)(H,27,33)(H,28,34)/t19-,20-/m0/s1. The molecule has 4 N–H and O–H groups in total. The molecule has 2 aromatic rings. The Labute approximate surface area is 215 Å². The van der Waals surface area contributed by atoms with E-state index < -0.39 is 48.7 Å². The van der Waals surface area contributed by atoms with Crippen LogP contribution in [0, 0.1) is 13.8 Å². The fraction of sp³-hybridized carbons (Fsp3) is 0.480. The zero-order chi connectivity index (χ0) is 27.1. The van der Waals surface area contributed by atoms with Gasteiger partial charge in [0.2, 0.25) is 17.7 Å². The van der Waals surface area contributed by atoms with Crippen LogP contribution < -0.4 is 20.7 Å². The van der Waals surface area contributed by atoms with E-state index in [2.05, 4.69) is 21.0 Å². The lowest BCUT2D eigenvalue weighted by molar-refractivity contribution is -0.137. The van der Waals surface area contributed by atoms with E-state index in [0.717, 1.165) is 17.0 Å². The molecule has 0 saturated carbocycles. The van der Waals surface area contributed by atoms with E-state index in [-0.39, 0.29) is 31.0 Å².